The highest BCUT2D eigenvalue weighted by Crippen LogP contribution is 2.60. The number of carbonyl (C=O) groups is 1. The van der Waals surface area contributed by atoms with Crippen molar-refractivity contribution in [1.82, 2.24) is 0 Å². The van der Waals surface area contributed by atoms with Crippen LogP contribution in [0.15, 0.2) is 0 Å². The van der Waals surface area contributed by atoms with E-state index < -0.39 is 0 Å². The quantitative estimate of drug-likeness (QED) is 0.817. The van der Waals surface area contributed by atoms with Crippen LogP contribution in [0.4, 0.5) is 0 Å². The van der Waals surface area contributed by atoms with Crippen LogP contribution in [0.3, 0.4) is 0 Å². The molecule has 0 aromatic rings. The molecule has 17 heavy (non-hydrogen) atoms. The maximum Gasteiger partial charge on any atom is 0.152 e. The lowest BCUT2D eigenvalue weighted by Crippen LogP contribution is -2.53. The first-order valence-electron chi connectivity index (χ1n) is 7.25. The van der Waals surface area contributed by atoms with Gasteiger partial charge in [-0.15, -0.1) is 0 Å². The van der Waals surface area contributed by atoms with Crippen LogP contribution in [0.5, 0.6) is 0 Å². The number of rotatable bonds is 3. The van der Waals surface area contributed by atoms with E-state index in [0.29, 0.717) is 5.92 Å². The zero-order valence-electron chi connectivity index (χ0n) is 11.1. The van der Waals surface area contributed by atoms with Crippen LogP contribution in [0.2, 0.25) is 0 Å². The molecule has 4 bridgehead atoms. The highest BCUT2D eigenvalue weighted by atomic mass is 16.1. The predicted octanol–water partition coefficient (Wildman–Crippen LogP) is 2.61. The molecule has 0 spiro atoms. The van der Waals surface area contributed by atoms with Gasteiger partial charge in [-0.1, -0.05) is 13.8 Å². The Morgan fingerprint density at radius 3 is 1.94 bits per heavy atom. The molecular weight excluding hydrogens is 210 g/mol. The van der Waals surface area contributed by atoms with Gasteiger partial charge in [0.05, 0.1) is 6.54 Å². The van der Waals surface area contributed by atoms with Gasteiger partial charge >= 0.3 is 0 Å². The Balaban J connectivity index is 1.86. The average molecular weight is 235 g/mol. The summed E-state index contributed by atoms with van der Waals surface area (Å²) in [5.74, 6) is 4.49. The zero-order valence-corrected chi connectivity index (χ0v) is 11.1. The fourth-order valence-corrected chi connectivity index (χ4v) is 5.55. The summed E-state index contributed by atoms with van der Waals surface area (Å²) >= 11 is 0. The van der Waals surface area contributed by atoms with Crippen molar-refractivity contribution in [3.05, 3.63) is 0 Å². The maximum absolute atomic E-state index is 12.1. The minimum absolute atomic E-state index is 0.183. The fourth-order valence-electron chi connectivity index (χ4n) is 5.55. The summed E-state index contributed by atoms with van der Waals surface area (Å²) in [6.07, 6.45) is 7.03. The third-order valence-corrected chi connectivity index (χ3v) is 5.96. The van der Waals surface area contributed by atoms with E-state index in [0.717, 1.165) is 23.7 Å². The van der Waals surface area contributed by atoms with Gasteiger partial charge in [0.15, 0.2) is 5.78 Å². The van der Waals surface area contributed by atoms with Gasteiger partial charge in [0.2, 0.25) is 0 Å². The molecule has 96 valence electrons. The molecule has 0 aromatic heterocycles. The monoisotopic (exact) mass is 235 g/mol. The van der Waals surface area contributed by atoms with E-state index in [1.54, 1.807) is 0 Å². The Hall–Kier alpha value is -0.370. The van der Waals surface area contributed by atoms with Gasteiger partial charge in [0.25, 0.3) is 0 Å². The van der Waals surface area contributed by atoms with Crippen LogP contribution in [-0.4, -0.2) is 12.3 Å². The van der Waals surface area contributed by atoms with Crippen molar-refractivity contribution in [2.45, 2.75) is 46.0 Å². The number of carbonyl (C=O) groups excluding carboxylic acids is 1. The Labute approximate surface area is 104 Å². The summed E-state index contributed by atoms with van der Waals surface area (Å²) in [5.41, 5.74) is 5.42. The van der Waals surface area contributed by atoms with Crippen molar-refractivity contribution in [1.29, 1.82) is 0 Å². The second kappa shape index (κ2) is 3.81. The highest BCUT2D eigenvalue weighted by molar-refractivity contribution is 5.86. The number of ketones is 1. The molecule has 0 aliphatic heterocycles. The van der Waals surface area contributed by atoms with Crippen LogP contribution in [-0.2, 0) is 4.79 Å². The molecule has 4 aliphatic rings. The summed E-state index contributed by atoms with van der Waals surface area (Å²) in [6.45, 7) is 4.51. The van der Waals surface area contributed by atoms with Gasteiger partial charge in [-0.05, 0) is 61.7 Å². The van der Waals surface area contributed by atoms with E-state index >= 15 is 0 Å². The van der Waals surface area contributed by atoms with Crippen LogP contribution < -0.4 is 5.73 Å². The Bertz CT molecular complexity index is 306. The van der Waals surface area contributed by atoms with Crippen molar-refractivity contribution in [3.8, 4) is 0 Å². The van der Waals surface area contributed by atoms with E-state index in [2.05, 4.69) is 13.8 Å². The van der Waals surface area contributed by atoms with Gasteiger partial charge in [0, 0.05) is 5.41 Å². The highest BCUT2D eigenvalue weighted by Gasteiger charge is 2.54. The van der Waals surface area contributed by atoms with Gasteiger partial charge in [-0.2, -0.15) is 0 Å². The van der Waals surface area contributed by atoms with Crippen LogP contribution >= 0.6 is 0 Å². The Kier molecular flexibility index (Phi) is 2.62. The third kappa shape index (κ3) is 1.68. The van der Waals surface area contributed by atoms with Gasteiger partial charge in [-0.3, -0.25) is 4.79 Å². The van der Waals surface area contributed by atoms with E-state index in [1.807, 2.05) is 0 Å². The standard InChI is InChI=1S/C15H25NO/c1-15(2,13(17)8-16)14-11-4-9-3-10(6-11)7-12(14)5-9/h9-12,14H,3-8,16H2,1-2H3. The molecule has 0 atom stereocenters. The third-order valence-electron chi connectivity index (χ3n) is 5.96. The molecule has 0 unspecified atom stereocenters. The minimum atomic E-state index is -0.183. The number of nitrogens with two attached hydrogens (primary N) is 1. The second-order valence-electron chi connectivity index (χ2n) is 7.31. The lowest BCUT2D eigenvalue weighted by Gasteiger charge is -2.58. The normalized spacial score (nSPS) is 44.1. The predicted molar refractivity (Wildman–Crippen MR) is 68.4 cm³/mol. The van der Waals surface area contributed by atoms with Gasteiger partial charge < -0.3 is 5.73 Å². The molecule has 4 aliphatic carbocycles. The molecule has 0 radical (unpaired) electrons. The lowest BCUT2D eigenvalue weighted by molar-refractivity contribution is -0.141. The molecular formula is C15H25NO. The van der Waals surface area contributed by atoms with Crippen molar-refractivity contribution in [3.63, 3.8) is 0 Å². The molecule has 0 heterocycles. The first kappa shape index (κ1) is 11.7. The Morgan fingerprint density at radius 2 is 1.53 bits per heavy atom. The SMILES string of the molecule is CC(C)(C(=O)CN)C1C2CC3CC(C2)CC1C3. The Morgan fingerprint density at radius 1 is 1.06 bits per heavy atom. The molecule has 4 rings (SSSR count). The van der Waals surface area contributed by atoms with Crippen molar-refractivity contribution in [2.75, 3.05) is 6.54 Å². The van der Waals surface area contributed by atoms with E-state index in [4.69, 9.17) is 5.73 Å². The zero-order chi connectivity index (χ0) is 12.2. The number of hydrogen-bond donors (Lipinski definition) is 1. The first-order valence-corrected chi connectivity index (χ1v) is 7.25. The van der Waals surface area contributed by atoms with Crippen LogP contribution in [0, 0.1) is 35.0 Å². The van der Waals surface area contributed by atoms with Gasteiger partial charge in [0.1, 0.15) is 0 Å². The summed E-state index contributed by atoms with van der Waals surface area (Å²) in [4.78, 5) is 12.1. The van der Waals surface area contributed by atoms with Crippen molar-refractivity contribution in [2.24, 2.45) is 40.7 Å². The summed E-state index contributed by atoms with van der Waals surface area (Å²) in [5, 5.41) is 0. The maximum atomic E-state index is 12.1. The summed E-state index contributed by atoms with van der Waals surface area (Å²) in [6, 6.07) is 0. The van der Waals surface area contributed by atoms with Crippen LogP contribution in [0.25, 0.3) is 0 Å². The van der Waals surface area contributed by atoms with Gasteiger partial charge in [-0.25, -0.2) is 0 Å². The molecule has 4 saturated carbocycles. The number of Topliss-reactive ketones (excluding diaryl/α,β-unsaturated/α-hetero) is 1. The van der Waals surface area contributed by atoms with E-state index in [9.17, 15) is 4.79 Å². The number of hydrogen-bond acceptors (Lipinski definition) is 2. The molecule has 2 N–H and O–H groups in total. The average Bonchev–Trinajstić information content (AvgIpc) is 2.25. The largest absolute Gasteiger partial charge is 0.324 e. The lowest BCUT2D eigenvalue weighted by atomic mass is 9.46. The fraction of sp³-hybridized carbons (Fsp3) is 0.933. The van der Waals surface area contributed by atoms with Crippen LogP contribution in [0.1, 0.15) is 46.0 Å². The smallest absolute Gasteiger partial charge is 0.152 e. The minimum Gasteiger partial charge on any atom is -0.324 e. The summed E-state index contributed by atoms with van der Waals surface area (Å²) < 4.78 is 0. The molecule has 0 amide bonds. The molecule has 2 heteroatoms. The topological polar surface area (TPSA) is 43.1 Å². The van der Waals surface area contributed by atoms with E-state index in [1.165, 1.54) is 32.1 Å². The molecule has 4 fully saturated rings. The van der Waals surface area contributed by atoms with E-state index in [-0.39, 0.29) is 17.7 Å². The molecule has 0 saturated heterocycles. The van der Waals surface area contributed by atoms with Crippen molar-refractivity contribution >= 4 is 5.78 Å². The van der Waals surface area contributed by atoms with Crippen molar-refractivity contribution < 1.29 is 4.79 Å². The first-order chi connectivity index (χ1) is 8.02. The molecule has 0 aromatic carbocycles. The second-order valence-corrected chi connectivity index (χ2v) is 7.31. The molecule has 2 nitrogen and oxygen atoms in total. The summed E-state index contributed by atoms with van der Waals surface area (Å²) in [7, 11) is 0.